The Hall–Kier alpha value is -1.98. The van der Waals surface area contributed by atoms with E-state index in [2.05, 4.69) is 27.7 Å². The summed E-state index contributed by atoms with van der Waals surface area (Å²) in [4.78, 5) is 74.4. The molecular weight excluding hydrogens is 1210 g/mol. The number of ether oxygens (including phenoxy) is 4. The van der Waals surface area contributed by atoms with Gasteiger partial charge in [0.15, 0.2) is 12.2 Å². The van der Waals surface area contributed by atoms with Crippen LogP contribution in [0.4, 0.5) is 0 Å². The van der Waals surface area contributed by atoms with Crippen molar-refractivity contribution in [2.45, 2.75) is 348 Å². The number of unbranched alkanes of at least 4 members (excludes halogenated alkanes) is 40. The van der Waals surface area contributed by atoms with E-state index in [4.69, 9.17) is 37.0 Å². The van der Waals surface area contributed by atoms with E-state index in [9.17, 15) is 38.1 Å². The maximum Gasteiger partial charge on any atom is 0.306 e. The van der Waals surface area contributed by atoms with Gasteiger partial charge in [0, 0.05) is 25.7 Å². The Morgan fingerprint density at radius 1 is 0.293 bits per heavy atom. The average Bonchev–Trinajstić information content (AvgIpc) is 1.80. The van der Waals surface area contributed by atoms with Crippen LogP contribution in [0.15, 0.2) is 0 Å². The van der Waals surface area contributed by atoms with E-state index in [-0.39, 0.29) is 64.0 Å². The minimum Gasteiger partial charge on any atom is -0.756 e. The first-order chi connectivity index (χ1) is 44.0. The minimum atomic E-state index is -4.60. The van der Waals surface area contributed by atoms with Crippen LogP contribution < -0.4 is 9.79 Å². The van der Waals surface area contributed by atoms with Crippen LogP contribution in [0.2, 0.25) is 0 Å². The highest BCUT2D eigenvalue weighted by Crippen LogP contribution is 2.39. The van der Waals surface area contributed by atoms with Gasteiger partial charge in [0.1, 0.15) is 39.5 Å². The lowest BCUT2D eigenvalue weighted by molar-refractivity contribution is -0.870. The molecule has 0 bridgehead atoms. The minimum absolute atomic E-state index is 0.0263. The first kappa shape index (κ1) is 92.1. The van der Waals surface area contributed by atoms with E-state index in [1.807, 2.05) is 42.3 Å². The number of carbonyl (C=O) groups is 4. The van der Waals surface area contributed by atoms with Crippen LogP contribution in [-0.2, 0) is 65.4 Å². The third-order valence-corrected chi connectivity index (χ3v) is 18.2. The number of nitrogens with zero attached hydrogens (tertiary/aromatic N) is 2. The number of hydrogen-bond donors (Lipinski definition) is 0. The SMILES string of the molecule is CCCCCCCCCCCCCC(=O)OC[C@H](COP(=O)([O-])OCC[N+](C)(C)C)OC(=O)CCCCCCCCCCCCC.CCCCCCCCCCCCCC(=O)OC[C@H](COP(=O)([O-])OCC[N+](C)(C)C)OC(=O)CCCCCCCCCCCCC. The molecule has 4 atom stereocenters. The van der Waals surface area contributed by atoms with Crippen molar-refractivity contribution in [1.29, 1.82) is 0 Å². The molecule has 0 aliphatic rings. The van der Waals surface area contributed by atoms with Crippen molar-refractivity contribution in [3.8, 4) is 0 Å². The molecule has 0 rings (SSSR count). The van der Waals surface area contributed by atoms with E-state index in [1.54, 1.807) is 0 Å². The summed E-state index contributed by atoms with van der Waals surface area (Å²) in [5, 5.41) is 0. The number of rotatable bonds is 68. The second-order valence-electron chi connectivity index (χ2n) is 27.9. The number of likely N-dealkylation sites (N-methyl/N-ethyl adjacent to an activating group) is 2. The maximum absolute atomic E-state index is 12.6. The van der Waals surface area contributed by atoms with Crippen molar-refractivity contribution in [2.75, 3.05) is 95.0 Å². The van der Waals surface area contributed by atoms with Crippen molar-refractivity contribution >= 4 is 39.5 Å². The summed E-state index contributed by atoms with van der Waals surface area (Å²) >= 11 is 0. The van der Waals surface area contributed by atoms with Crippen molar-refractivity contribution < 1.29 is 84.1 Å². The second-order valence-corrected chi connectivity index (χ2v) is 30.7. The van der Waals surface area contributed by atoms with Crippen molar-refractivity contribution in [3.05, 3.63) is 0 Å². The summed E-state index contributed by atoms with van der Waals surface area (Å²) in [5.74, 6) is -1.66. The zero-order valence-electron chi connectivity index (χ0n) is 61.1. The zero-order chi connectivity index (χ0) is 68.7. The van der Waals surface area contributed by atoms with Crippen molar-refractivity contribution in [2.24, 2.45) is 0 Å². The third-order valence-electron chi connectivity index (χ3n) is 16.3. The Morgan fingerprint density at radius 2 is 0.489 bits per heavy atom. The largest absolute Gasteiger partial charge is 0.756 e. The van der Waals surface area contributed by atoms with Gasteiger partial charge < -0.3 is 55.8 Å². The van der Waals surface area contributed by atoms with Crippen LogP contribution >= 0.6 is 15.6 Å². The van der Waals surface area contributed by atoms with Gasteiger partial charge in [-0.1, -0.05) is 285 Å². The summed E-state index contributed by atoms with van der Waals surface area (Å²) in [6, 6.07) is 0. The second kappa shape index (κ2) is 63.7. The summed E-state index contributed by atoms with van der Waals surface area (Å²) in [5.41, 5.74) is 0. The van der Waals surface area contributed by atoms with Gasteiger partial charge in [-0.3, -0.25) is 28.3 Å². The maximum atomic E-state index is 12.6. The predicted molar refractivity (Wildman–Crippen MR) is 371 cm³/mol. The molecule has 0 fully saturated rings. The van der Waals surface area contributed by atoms with Crippen LogP contribution in [0, 0.1) is 0 Å². The van der Waals surface area contributed by atoms with Gasteiger partial charge in [-0.2, -0.15) is 0 Å². The van der Waals surface area contributed by atoms with Gasteiger partial charge in [-0.25, -0.2) is 0 Å². The van der Waals surface area contributed by atoms with E-state index < -0.39 is 53.0 Å². The first-order valence-electron chi connectivity index (χ1n) is 37.5. The molecule has 20 heteroatoms. The van der Waals surface area contributed by atoms with Crippen LogP contribution in [0.1, 0.15) is 336 Å². The number of phosphoric acid groups is 2. The van der Waals surface area contributed by atoms with Crippen LogP contribution in [-0.4, -0.2) is 140 Å². The average molecular weight is 1360 g/mol. The molecular formula is C72H144N2O16P2. The molecule has 0 aromatic carbocycles. The Morgan fingerprint density at radius 3 is 0.696 bits per heavy atom. The van der Waals surface area contributed by atoms with Crippen LogP contribution in [0.25, 0.3) is 0 Å². The fourth-order valence-electron chi connectivity index (χ4n) is 10.2. The fourth-order valence-corrected chi connectivity index (χ4v) is 11.7. The lowest BCUT2D eigenvalue weighted by Crippen LogP contribution is -2.37. The third kappa shape index (κ3) is 72.3. The van der Waals surface area contributed by atoms with Gasteiger partial charge in [-0.15, -0.1) is 0 Å². The van der Waals surface area contributed by atoms with E-state index in [0.717, 1.165) is 64.2 Å². The summed E-state index contributed by atoms with van der Waals surface area (Å²) in [6.07, 6.45) is 51.1. The molecule has 92 heavy (non-hydrogen) atoms. The number of esters is 4. The predicted octanol–water partition coefficient (Wildman–Crippen LogP) is 18.1. The molecule has 0 aliphatic carbocycles. The highest BCUT2D eigenvalue weighted by molar-refractivity contribution is 7.46. The molecule has 0 saturated heterocycles. The van der Waals surface area contributed by atoms with E-state index in [0.29, 0.717) is 34.9 Å². The van der Waals surface area contributed by atoms with Gasteiger partial charge in [0.25, 0.3) is 15.6 Å². The Balaban J connectivity index is 0. The number of quaternary nitrogens is 2. The molecule has 0 heterocycles. The van der Waals surface area contributed by atoms with Gasteiger partial charge in [0.2, 0.25) is 0 Å². The standard InChI is InChI=1S/2C36H72NO8P/c2*1-6-8-10-12-14-16-18-20-22-24-26-28-35(38)42-32-34(33-44-46(40,41)43-31-30-37(3,4)5)45-36(39)29-27-25-23-21-19-17-15-13-11-9-7-2/h2*34H,6-33H2,1-5H3/t2*34-/m11/s1. The lowest BCUT2D eigenvalue weighted by Gasteiger charge is -2.28. The molecule has 0 aliphatic heterocycles. The van der Waals surface area contributed by atoms with Crippen molar-refractivity contribution in [1.82, 2.24) is 0 Å². The van der Waals surface area contributed by atoms with Gasteiger partial charge >= 0.3 is 23.9 Å². The normalized spacial score (nSPS) is 13.8. The molecule has 0 radical (unpaired) electrons. The Bertz CT molecular complexity index is 1670. The van der Waals surface area contributed by atoms with E-state index >= 15 is 0 Å². The van der Waals surface area contributed by atoms with Gasteiger partial charge in [-0.05, 0) is 25.7 Å². The zero-order valence-corrected chi connectivity index (χ0v) is 62.9. The summed E-state index contributed by atoms with van der Waals surface area (Å²) < 4.78 is 67.4. The topological polar surface area (TPSA) is 222 Å². The number of hydrogen-bond acceptors (Lipinski definition) is 16. The Kier molecular flexibility index (Phi) is 63.8. The quantitative estimate of drug-likeness (QED) is 0.0181. The van der Waals surface area contributed by atoms with Gasteiger partial charge in [0.05, 0.1) is 55.5 Å². The fraction of sp³-hybridized carbons (Fsp3) is 0.944. The molecule has 0 N–H and O–H groups in total. The van der Waals surface area contributed by atoms with Crippen LogP contribution in [0.3, 0.4) is 0 Å². The number of carbonyl (C=O) groups excluding carboxylic acids is 4. The van der Waals surface area contributed by atoms with E-state index in [1.165, 1.54) is 205 Å². The molecule has 0 amide bonds. The summed E-state index contributed by atoms with van der Waals surface area (Å²) in [7, 11) is 2.35. The molecule has 2 unspecified atom stereocenters. The number of phosphoric ester groups is 2. The van der Waals surface area contributed by atoms with Crippen LogP contribution in [0.5, 0.6) is 0 Å². The van der Waals surface area contributed by atoms with Crippen molar-refractivity contribution in [3.63, 3.8) is 0 Å². The monoisotopic (exact) mass is 1350 g/mol. The molecule has 0 aromatic rings. The Labute approximate surface area is 564 Å². The highest BCUT2D eigenvalue weighted by atomic mass is 31.2. The molecule has 0 spiro atoms. The molecule has 548 valence electrons. The smallest absolute Gasteiger partial charge is 0.306 e. The molecule has 0 saturated carbocycles. The first-order valence-corrected chi connectivity index (χ1v) is 40.4. The molecule has 18 nitrogen and oxygen atoms in total. The highest BCUT2D eigenvalue weighted by Gasteiger charge is 2.24. The summed E-state index contributed by atoms with van der Waals surface area (Å²) in [6.45, 7) is 8.41. The molecule has 0 aromatic heterocycles. The lowest BCUT2D eigenvalue weighted by atomic mass is 10.1.